The minimum absolute atomic E-state index is 0.106. The lowest BCUT2D eigenvalue weighted by atomic mass is 10.1. The van der Waals surface area contributed by atoms with E-state index >= 15 is 0 Å². The number of anilines is 1. The van der Waals surface area contributed by atoms with E-state index in [1.54, 1.807) is 13.0 Å². The Morgan fingerprint density at radius 2 is 2.00 bits per heavy atom. The Morgan fingerprint density at radius 1 is 1.37 bits per heavy atom. The first-order valence-electron chi connectivity index (χ1n) is 6.66. The lowest BCUT2D eigenvalue weighted by Crippen LogP contribution is -2.33. The zero-order chi connectivity index (χ0) is 14.6. The molecule has 106 valence electrons. The van der Waals surface area contributed by atoms with E-state index < -0.39 is 0 Å². The molecule has 0 bridgehead atoms. The van der Waals surface area contributed by atoms with Gasteiger partial charge in [0.05, 0.1) is 0 Å². The van der Waals surface area contributed by atoms with Crippen molar-refractivity contribution >= 4 is 11.7 Å². The second kappa shape index (κ2) is 5.99. The fourth-order valence-corrected chi connectivity index (χ4v) is 1.53. The average molecular weight is 264 g/mol. The van der Waals surface area contributed by atoms with E-state index in [0.29, 0.717) is 17.3 Å². The minimum Gasteiger partial charge on any atom is -0.365 e. The molecule has 1 aromatic heterocycles. The van der Waals surface area contributed by atoms with Crippen molar-refractivity contribution in [1.82, 2.24) is 15.3 Å². The first kappa shape index (κ1) is 15.4. The normalized spacial score (nSPS) is 12.9. The molecule has 1 aromatic rings. The molecule has 0 aliphatic carbocycles. The SMILES string of the molecule is CCC(C)NC(=O)c1cc(NC(C)(C)C)nc(C)n1. The number of aryl methyl sites for hydroxylation is 1. The van der Waals surface area contributed by atoms with Crippen LogP contribution in [0, 0.1) is 6.92 Å². The molecule has 1 rings (SSSR count). The Bertz CT molecular complexity index is 451. The Hall–Kier alpha value is -1.65. The second-order valence-electron chi connectivity index (χ2n) is 5.84. The highest BCUT2D eigenvalue weighted by molar-refractivity contribution is 5.93. The molecule has 1 heterocycles. The molecule has 2 N–H and O–H groups in total. The van der Waals surface area contributed by atoms with Gasteiger partial charge >= 0.3 is 0 Å². The van der Waals surface area contributed by atoms with Gasteiger partial charge in [0, 0.05) is 17.6 Å². The van der Waals surface area contributed by atoms with Gasteiger partial charge in [0.2, 0.25) is 0 Å². The van der Waals surface area contributed by atoms with E-state index in [4.69, 9.17) is 0 Å². The third-order valence-corrected chi connectivity index (χ3v) is 2.56. The summed E-state index contributed by atoms with van der Waals surface area (Å²) < 4.78 is 0. The molecule has 5 heteroatoms. The van der Waals surface area contributed by atoms with E-state index in [0.717, 1.165) is 6.42 Å². The molecule has 0 saturated heterocycles. The maximum atomic E-state index is 12.1. The number of carbonyl (C=O) groups excluding carboxylic acids is 1. The number of carbonyl (C=O) groups is 1. The molecule has 1 amide bonds. The third kappa shape index (κ3) is 5.24. The maximum absolute atomic E-state index is 12.1. The number of amides is 1. The fraction of sp³-hybridized carbons (Fsp3) is 0.643. The van der Waals surface area contributed by atoms with Gasteiger partial charge in [-0.25, -0.2) is 9.97 Å². The highest BCUT2D eigenvalue weighted by Gasteiger charge is 2.15. The zero-order valence-corrected chi connectivity index (χ0v) is 12.7. The first-order valence-corrected chi connectivity index (χ1v) is 6.66. The number of hydrogen-bond donors (Lipinski definition) is 2. The zero-order valence-electron chi connectivity index (χ0n) is 12.7. The van der Waals surface area contributed by atoms with Gasteiger partial charge in [0.25, 0.3) is 5.91 Å². The van der Waals surface area contributed by atoms with Crippen molar-refractivity contribution in [3.8, 4) is 0 Å². The van der Waals surface area contributed by atoms with Gasteiger partial charge in [0.15, 0.2) is 0 Å². The van der Waals surface area contributed by atoms with Gasteiger partial charge in [-0.15, -0.1) is 0 Å². The molecule has 0 aliphatic heterocycles. The highest BCUT2D eigenvalue weighted by atomic mass is 16.1. The summed E-state index contributed by atoms with van der Waals surface area (Å²) >= 11 is 0. The molecular formula is C14H24N4O. The molecular weight excluding hydrogens is 240 g/mol. The van der Waals surface area contributed by atoms with Crippen LogP contribution in [0.15, 0.2) is 6.07 Å². The molecule has 1 atom stereocenters. The quantitative estimate of drug-likeness (QED) is 0.877. The van der Waals surface area contributed by atoms with Crippen molar-refractivity contribution in [2.45, 2.75) is 59.5 Å². The Kier molecular flexibility index (Phi) is 4.86. The van der Waals surface area contributed by atoms with Crippen LogP contribution < -0.4 is 10.6 Å². The molecule has 1 unspecified atom stereocenters. The van der Waals surface area contributed by atoms with Crippen molar-refractivity contribution in [3.05, 3.63) is 17.6 Å². The van der Waals surface area contributed by atoms with E-state index in [1.165, 1.54) is 0 Å². The van der Waals surface area contributed by atoms with Gasteiger partial charge in [0.1, 0.15) is 17.3 Å². The van der Waals surface area contributed by atoms with Gasteiger partial charge < -0.3 is 10.6 Å². The maximum Gasteiger partial charge on any atom is 0.270 e. The predicted octanol–water partition coefficient (Wildman–Crippen LogP) is 2.52. The molecule has 0 aromatic carbocycles. The summed E-state index contributed by atoms with van der Waals surface area (Å²) in [6.07, 6.45) is 0.892. The van der Waals surface area contributed by atoms with Crippen LogP contribution in [0.1, 0.15) is 57.4 Å². The number of hydrogen-bond acceptors (Lipinski definition) is 4. The van der Waals surface area contributed by atoms with Crippen LogP contribution in [0.2, 0.25) is 0 Å². The molecule has 0 radical (unpaired) electrons. The summed E-state index contributed by atoms with van der Waals surface area (Å²) in [5.74, 6) is 1.11. The summed E-state index contributed by atoms with van der Waals surface area (Å²) in [5, 5.41) is 6.16. The summed E-state index contributed by atoms with van der Waals surface area (Å²) in [6.45, 7) is 11.9. The highest BCUT2D eigenvalue weighted by Crippen LogP contribution is 2.13. The van der Waals surface area contributed by atoms with Crippen molar-refractivity contribution < 1.29 is 4.79 Å². The van der Waals surface area contributed by atoms with Crippen LogP contribution in [0.3, 0.4) is 0 Å². The van der Waals surface area contributed by atoms with Gasteiger partial charge in [-0.05, 0) is 41.0 Å². The lowest BCUT2D eigenvalue weighted by Gasteiger charge is -2.21. The van der Waals surface area contributed by atoms with E-state index in [9.17, 15) is 4.79 Å². The number of aromatic nitrogens is 2. The van der Waals surface area contributed by atoms with Crippen LogP contribution in [0.5, 0.6) is 0 Å². The van der Waals surface area contributed by atoms with E-state index in [-0.39, 0.29) is 17.5 Å². The summed E-state index contributed by atoms with van der Waals surface area (Å²) in [5.41, 5.74) is 0.296. The van der Waals surface area contributed by atoms with E-state index in [2.05, 4.69) is 20.6 Å². The van der Waals surface area contributed by atoms with Crippen molar-refractivity contribution in [2.75, 3.05) is 5.32 Å². The molecule has 0 fully saturated rings. The largest absolute Gasteiger partial charge is 0.365 e. The molecule has 19 heavy (non-hydrogen) atoms. The molecule has 0 saturated carbocycles. The first-order chi connectivity index (χ1) is 8.71. The fourth-order valence-electron chi connectivity index (χ4n) is 1.53. The van der Waals surface area contributed by atoms with E-state index in [1.807, 2.05) is 34.6 Å². The van der Waals surface area contributed by atoms with Crippen molar-refractivity contribution in [1.29, 1.82) is 0 Å². The summed E-state index contributed by atoms with van der Waals surface area (Å²) in [6, 6.07) is 1.83. The Labute approximate surface area is 115 Å². The summed E-state index contributed by atoms with van der Waals surface area (Å²) in [4.78, 5) is 20.5. The Morgan fingerprint density at radius 3 is 2.53 bits per heavy atom. The third-order valence-electron chi connectivity index (χ3n) is 2.56. The van der Waals surface area contributed by atoms with Crippen LogP contribution in [0.25, 0.3) is 0 Å². The Balaban J connectivity index is 2.93. The van der Waals surface area contributed by atoms with Gasteiger partial charge in [-0.3, -0.25) is 4.79 Å². The average Bonchev–Trinajstić information content (AvgIpc) is 2.25. The number of nitrogens with zero attached hydrogens (tertiary/aromatic N) is 2. The molecule has 0 aliphatic rings. The molecule has 0 spiro atoms. The number of nitrogens with one attached hydrogen (secondary N) is 2. The van der Waals surface area contributed by atoms with Crippen LogP contribution >= 0.6 is 0 Å². The van der Waals surface area contributed by atoms with Crippen LogP contribution in [-0.4, -0.2) is 27.5 Å². The topological polar surface area (TPSA) is 66.9 Å². The lowest BCUT2D eigenvalue weighted by molar-refractivity contribution is 0.0934. The van der Waals surface area contributed by atoms with Gasteiger partial charge in [-0.1, -0.05) is 6.92 Å². The smallest absolute Gasteiger partial charge is 0.270 e. The van der Waals surface area contributed by atoms with Crippen molar-refractivity contribution in [3.63, 3.8) is 0 Å². The van der Waals surface area contributed by atoms with Crippen molar-refractivity contribution in [2.24, 2.45) is 0 Å². The monoisotopic (exact) mass is 264 g/mol. The van der Waals surface area contributed by atoms with Gasteiger partial charge in [-0.2, -0.15) is 0 Å². The number of rotatable bonds is 4. The van der Waals surface area contributed by atoms with Crippen LogP contribution in [-0.2, 0) is 0 Å². The summed E-state index contributed by atoms with van der Waals surface area (Å²) in [7, 11) is 0. The standard InChI is InChI=1S/C14H24N4O/c1-7-9(2)15-13(19)11-8-12(17-10(3)16-11)18-14(4,5)6/h8-9H,7H2,1-6H3,(H,15,19)(H,16,17,18). The second-order valence-corrected chi connectivity index (χ2v) is 5.84. The molecule has 5 nitrogen and oxygen atoms in total. The predicted molar refractivity (Wildman–Crippen MR) is 77.4 cm³/mol. The van der Waals surface area contributed by atoms with Crippen LogP contribution in [0.4, 0.5) is 5.82 Å². The minimum atomic E-state index is -0.156.